The number of rotatable bonds is 6. The van der Waals surface area contributed by atoms with Crippen molar-refractivity contribution in [2.75, 3.05) is 13.1 Å². The summed E-state index contributed by atoms with van der Waals surface area (Å²) in [5.74, 6) is -0.258. The fourth-order valence-electron chi connectivity index (χ4n) is 5.16. The van der Waals surface area contributed by atoms with Crippen molar-refractivity contribution in [3.05, 3.63) is 95.8 Å². The van der Waals surface area contributed by atoms with Gasteiger partial charge in [0, 0.05) is 47.2 Å². The zero-order valence-corrected chi connectivity index (χ0v) is 21.6. The molecule has 1 saturated heterocycles. The van der Waals surface area contributed by atoms with E-state index >= 15 is 0 Å². The number of hydrogen-bond acceptors (Lipinski definition) is 5. The molecular weight excluding hydrogens is 475 g/mol. The van der Waals surface area contributed by atoms with Crippen LogP contribution in [0.25, 0.3) is 33.3 Å². The molecule has 0 aliphatic carbocycles. The lowest BCUT2D eigenvalue weighted by Crippen LogP contribution is -2.18. The molecule has 1 aliphatic heterocycles. The van der Waals surface area contributed by atoms with Crippen molar-refractivity contribution in [1.29, 1.82) is 0 Å². The van der Waals surface area contributed by atoms with Gasteiger partial charge in [0.1, 0.15) is 5.82 Å². The molecule has 6 rings (SSSR count). The molecular formula is C31H29FN6. The van der Waals surface area contributed by atoms with E-state index in [2.05, 4.69) is 37.2 Å². The molecule has 2 aromatic carbocycles. The fraction of sp³-hybridized carbons (Fsp3) is 0.226. The highest BCUT2D eigenvalue weighted by Gasteiger charge is 2.15. The number of fused-ring (bicyclic) bond motifs is 1. The summed E-state index contributed by atoms with van der Waals surface area (Å²) in [5.41, 5.74) is 9.26. The zero-order chi connectivity index (χ0) is 26.1. The molecule has 0 saturated carbocycles. The van der Waals surface area contributed by atoms with Gasteiger partial charge in [-0.1, -0.05) is 30.3 Å². The minimum atomic E-state index is -0.258. The van der Waals surface area contributed by atoms with Crippen molar-refractivity contribution in [2.45, 2.75) is 33.2 Å². The van der Waals surface area contributed by atoms with Crippen molar-refractivity contribution in [3.63, 3.8) is 0 Å². The van der Waals surface area contributed by atoms with Gasteiger partial charge in [-0.2, -0.15) is 5.10 Å². The summed E-state index contributed by atoms with van der Waals surface area (Å²) in [6, 6.07) is 16.9. The van der Waals surface area contributed by atoms with Gasteiger partial charge in [-0.3, -0.25) is 20.0 Å². The van der Waals surface area contributed by atoms with Crippen molar-refractivity contribution < 1.29 is 4.39 Å². The Labute approximate surface area is 221 Å². The average Bonchev–Trinajstić information content (AvgIpc) is 3.60. The number of aryl methyl sites for hydroxylation is 1. The number of likely N-dealkylation sites (tertiary alicyclic amines) is 1. The van der Waals surface area contributed by atoms with Crippen LogP contribution in [0, 0.1) is 12.7 Å². The first-order valence-electron chi connectivity index (χ1n) is 13.0. The van der Waals surface area contributed by atoms with Gasteiger partial charge in [-0.15, -0.1) is 0 Å². The van der Waals surface area contributed by atoms with E-state index in [1.165, 1.54) is 30.5 Å². The molecule has 5 aromatic rings. The van der Waals surface area contributed by atoms with Gasteiger partial charge >= 0.3 is 0 Å². The van der Waals surface area contributed by atoms with E-state index in [0.717, 1.165) is 69.9 Å². The van der Waals surface area contributed by atoms with Gasteiger partial charge in [0.15, 0.2) is 5.65 Å². The van der Waals surface area contributed by atoms with Gasteiger partial charge < -0.3 is 0 Å². The van der Waals surface area contributed by atoms with E-state index in [1.807, 2.05) is 50.6 Å². The molecule has 1 aliphatic rings. The van der Waals surface area contributed by atoms with Crippen molar-refractivity contribution in [3.8, 4) is 22.3 Å². The maximum atomic E-state index is 13.5. The largest absolute Gasteiger partial charge is 0.299 e. The first-order chi connectivity index (χ1) is 18.5. The van der Waals surface area contributed by atoms with Crippen molar-refractivity contribution >= 4 is 22.4 Å². The van der Waals surface area contributed by atoms with Crippen LogP contribution < -0.4 is 0 Å². The Balaban J connectivity index is 1.36. The number of aromatic amines is 1. The Hall–Kier alpha value is -4.23. The number of nitrogens with one attached hydrogen (secondary N) is 1. The Morgan fingerprint density at radius 3 is 2.58 bits per heavy atom. The van der Waals surface area contributed by atoms with Gasteiger partial charge in [0.2, 0.25) is 0 Å². The third-order valence-electron chi connectivity index (χ3n) is 7.18. The highest BCUT2D eigenvalue weighted by Crippen LogP contribution is 2.34. The minimum absolute atomic E-state index is 0.258. The number of H-pyrrole nitrogens is 1. The first kappa shape index (κ1) is 24.1. The second kappa shape index (κ2) is 10.3. The topological polar surface area (TPSA) is 70.1 Å². The van der Waals surface area contributed by atoms with E-state index in [1.54, 1.807) is 12.1 Å². The molecule has 0 unspecified atom stereocenters. The minimum Gasteiger partial charge on any atom is -0.299 e. The fourth-order valence-corrected chi connectivity index (χ4v) is 5.16. The number of benzene rings is 2. The molecule has 190 valence electrons. The van der Waals surface area contributed by atoms with E-state index in [9.17, 15) is 4.39 Å². The number of para-hydroxylation sites is 1. The third-order valence-corrected chi connectivity index (χ3v) is 7.18. The summed E-state index contributed by atoms with van der Waals surface area (Å²) < 4.78 is 13.5. The smallest absolute Gasteiger partial charge is 0.181 e. The third kappa shape index (κ3) is 4.85. The summed E-state index contributed by atoms with van der Waals surface area (Å²) in [6.07, 6.45) is 8.23. The van der Waals surface area contributed by atoms with Crippen LogP contribution in [0.3, 0.4) is 0 Å². The van der Waals surface area contributed by atoms with Crippen molar-refractivity contribution in [2.24, 2.45) is 4.99 Å². The molecule has 1 fully saturated rings. The number of aliphatic imine (C=N–C) groups is 1. The standard InChI is InChI=1S/C31H29FN6/c1-20-6-5-7-27(23-8-10-26(32)11-9-23)29(20)35-21(2)30-28-15-25(18-34-31(28)37-36-30)24-14-22(16-33-17-24)19-38-12-3-4-13-38/h5-11,14-18H,3-4,12-13,19H2,1-2H3,(H,34,36,37). The highest BCUT2D eigenvalue weighted by molar-refractivity contribution is 6.09. The van der Waals surface area contributed by atoms with E-state index in [0.29, 0.717) is 5.65 Å². The van der Waals surface area contributed by atoms with Crippen LogP contribution in [-0.2, 0) is 6.54 Å². The second-order valence-corrected chi connectivity index (χ2v) is 9.93. The first-order valence-corrected chi connectivity index (χ1v) is 13.0. The Morgan fingerprint density at radius 1 is 0.974 bits per heavy atom. The van der Waals surface area contributed by atoms with Crippen LogP contribution in [0.1, 0.15) is 36.6 Å². The molecule has 7 heteroatoms. The molecule has 6 nitrogen and oxygen atoms in total. The molecule has 38 heavy (non-hydrogen) atoms. The molecule has 3 aromatic heterocycles. The van der Waals surface area contributed by atoms with Gasteiger partial charge in [-0.25, -0.2) is 9.37 Å². The number of halogens is 1. The Morgan fingerprint density at radius 2 is 1.76 bits per heavy atom. The molecule has 1 N–H and O–H groups in total. The van der Waals surface area contributed by atoms with E-state index in [4.69, 9.17) is 4.99 Å². The average molecular weight is 505 g/mol. The summed E-state index contributed by atoms with van der Waals surface area (Å²) in [6.45, 7) is 7.23. The number of aromatic nitrogens is 4. The SMILES string of the molecule is CC(=Nc1c(C)cccc1-c1ccc(F)cc1)c1[nH]nc2ncc(-c3cncc(CN4CCCC4)c3)cc12. The highest BCUT2D eigenvalue weighted by atomic mass is 19.1. The van der Waals surface area contributed by atoms with Crippen LogP contribution >= 0.6 is 0 Å². The summed E-state index contributed by atoms with van der Waals surface area (Å²) in [7, 11) is 0. The van der Waals surface area contributed by atoms with Crippen LogP contribution in [-0.4, -0.2) is 43.9 Å². The lowest BCUT2D eigenvalue weighted by atomic mass is 10.0. The second-order valence-electron chi connectivity index (χ2n) is 9.93. The molecule has 0 amide bonds. The van der Waals surface area contributed by atoms with Crippen LogP contribution in [0.2, 0.25) is 0 Å². The lowest BCUT2D eigenvalue weighted by Gasteiger charge is -2.14. The summed E-state index contributed by atoms with van der Waals surface area (Å²) in [5, 5.41) is 8.49. The van der Waals surface area contributed by atoms with Crippen LogP contribution in [0.4, 0.5) is 10.1 Å². The molecule has 0 atom stereocenters. The van der Waals surface area contributed by atoms with Gasteiger partial charge in [-0.05, 0) is 80.7 Å². The molecule has 0 radical (unpaired) electrons. The van der Waals surface area contributed by atoms with Gasteiger partial charge in [0.05, 0.1) is 17.1 Å². The number of nitrogens with zero attached hydrogens (tertiary/aromatic N) is 5. The predicted molar refractivity (Wildman–Crippen MR) is 150 cm³/mol. The maximum Gasteiger partial charge on any atom is 0.181 e. The summed E-state index contributed by atoms with van der Waals surface area (Å²) >= 11 is 0. The predicted octanol–water partition coefficient (Wildman–Crippen LogP) is 6.87. The van der Waals surface area contributed by atoms with Crippen LogP contribution in [0.15, 0.2) is 78.2 Å². The normalized spacial score (nSPS) is 14.4. The van der Waals surface area contributed by atoms with E-state index < -0.39 is 0 Å². The monoisotopic (exact) mass is 504 g/mol. The van der Waals surface area contributed by atoms with Gasteiger partial charge in [0.25, 0.3) is 0 Å². The quantitative estimate of drug-likeness (QED) is 0.256. The molecule has 0 spiro atoms. The summed E-state index contributed by atoms with van der Waals surface area (Å²) in [4.78, 5) is 16.6. The molecule has 0 bridgehead atoms. The van der Waals surface area contributed by atoms with Crippen LogP contribution in [0.5, 0.6) is 0 Å². The number of hydrogen-bond donors (Lipinski definition) is 1. The lowest BCUT2D eigenvalue weighted by molar-refractivity contribution is 0.331. The molecule has 4 heterocycles. The maximum absolute atomic E-state index is 13.5. The van der Waals surface area contributed by atoms with Crippen molar-refractivity contribution in [1.82, 2.24) is 25.1 Å². The Kier molecular flexibility index (Phi) is 6.52. The number of pyridine rings is 2. The Bertz CT molecular complexity index is 1630. The zero-order valence-electron chi connectivity index (χ0n) is 21.6. The van der Waals surface area contributed by atoms with E-state index in [-0.39, 0.29) is 5.82 Å².